The summed E-state index contributed by atoms with van der Waals surface area (Å²) in [7, 11) is 0. The second-order valence-electron chi connectivity index (χ2n) is 2.14. The molecule has 9 heteroatoms. The average molecular weight is 260 g/mol. The normalized spacial score (nSPS) is 4.88. The second kappa shape index (κ2) is 85.6. The predicted octanol–water partition coefficient (Wildman–Crippen LogP) is -4.65. The minimum absolute atomic E-state index is 0. The lowest BCUT2D eigenvalue weighted by Crippen LogP contribution is -1.81. The van der Waals surface area contributed by atoms with Crippen molar-refractivity contribution in [1.29, 1.82) is 0 Å². The molecule has 0 aliphatic carbocycles. The molecule has 9 nitrogen and oxygen atoms in total. The fourth-order valence-electron chi connectivity index (χ4n) is 0.715. The summed E-state index contributed by atoms with van der Waals surface area (Å²) in [5, 5.41) is 8.37. The summed E-state index contributed by atoms with van der Waals surface area (Å²) < 4.78 is 0. The van der Waals surface area contributed by atoms with E-state index in [0.29, 0.717) is 6.61 Å². The van der Waals surface area contributed by atoms with Gasteiger partial charge in [-0.15, -0.1) is 0 Å². The molecule has 0 aliphatic rings. The van der Waals surface area contributed by atoms with Gasteiger partial charge in [0.25, 0.3) is 0 Å². The van der Waals surface area contributed by atoms with E-state index in [1.54, 1.807) is 0 Å². The molecule has 0 rings (SSSR count). The molecule has 0 aliphatic heterocycles. The van der Waals surface area contributed by atoms with Gasteiger partial charge in [0.15, 0.2) is 0 Å². The fraction of sp³-hybridized carbons (Fsp3) is 1.00. The summed E-state index contributed by atoms with van der Waals surface area (Å²) in [6.07, 6.45) is 6.08. The largest absolute Gasteiger partial charge is 0.412 e. The molecule has 0 fully saturated rings. The third kappa shape index (κ3) is 101. The van der Waals surface area contributed by atoms with E-state index in [1.807, 2.05) is 0 Å². The SMILES string of the molecule is CCCCCCCO.O.O.O.O.O.O.O.O. The Balaban J connectivity index is -0.00000000875. The van der Waals surface area contributed by atoms with E-state index >= 15 is 0 Å². The Morgan fingerprint density at radius 2 is 0.875 bits per heavy atom. The van der Waals surface area contributed by atoms with Crippen LogP contribution in [-0.4, -0.2) is 55.5 Å². The van der Waals surface area contributed by atoms with Crippen LogP contribution in [0.25, 0.3) is 0 Å². The maximum absolute atomic E-state index is 8.37. The number of rotatable bonds is 5. The minimum Gasteiger partial charge on any atom is -0.412 e. The van der Waals surface area contributed by atoms with Crippen LogP contribution in [0.3, 0.4) is 0 Å². The first-order valence-corrected chi connectivity index (χ1v) is 3.52. The van der Waals surface area contributed by atoms with Crippen molar-refractivity contribution >= 4 is 0 Å². The van der Waals surface area contributed by atoms with Gasteiger partial charge in [0.2, 0.25) is 0 Å². The van der Waals surface area contributed by atoms with E-state index in [2.05, 4.69) is 6.92 Å². The summed E-state index contributed by atoms with van der Waals surface area (Å²) in [6, 6.07) is 0. The number of aliphatic hydroxyl groups is 1. The molecule has 0 saturated carbocycles. The molecular formula is C7H32O9. The van der Waals surface area contributed by atoms with Crippen LogP contribution in [0.1, 0.15) is 39.0 Å². The topological polar surface area (TPSA) is 272 Å². The van der Waals surface area contributed by atoms with Gasteiger partial charge in [0.05, 0.1) is 0 Å². The molecular weight excluding hydrogens is 228 g/mol. The Bertz CT molecular complexity index is 40.8. The first kappa shape index (κ1) is 76.0. The van der Waals surface area contributed by atoms with Crippen LogP contribution in [0.15, 0.2) is 0 Å². The molecule has 0 amide bonds. The Morgan fingerprint density at radius 3 is 1.12 bits per heavy atom. The lowest BCUT2D eigenvalue weighted by Gasteiger charge is -1.93. The third-order valence-corrected chi connectivity index (χ3v) is 1.26. The summed E-state index contributed by atoms with van der Waals surface area (Å²) >= 11 is 0. The molecule has 0 atom stereocenters. The molecule has 16 heavy (non-hydrogen) atoms. The highest BCUT2D eigenvalue weighted by Gasteiger charge is 1.84. The summed E-state index contributed by atoms with van der Waals surface area (Å²) in [5.41, 5.74) is 0. The van der Waals surface area contributed by atoms with E-state index in [0.717, 1.165) is 6.42 Å². The van der Waals surface area contributed by atoms with Gasteiger partial charge in [-0.3, -0.25) is 0 Å². The van der Waals surface area contributed by atoms with E-state index in [9.17, 15) is 0 Å². The van der Waals surface area contributed by atoms with Crippen molar-refractivity contribution in [3.8, 4) is 0 Å². The number of aliphatic hydroxyl groups excluding tert-OH is 1. The van der Waals surface area contributed by atoms with Crippen molar-refractivity contribution in [2.75, 3.05) is 6.61 Å². The quantitative estimate of drug-likeness (QED) is 0.468. The van der Waals surface area contributed by atoms with Gasteiger partial charge in [-0.1, -0.05) is 32.6 Å². The van der Waals surface area contributed by atoms with Crippen molar-refractivity contribution in [2.45, 2.75) is 39.0 Å². The van der Waals surface area contributed by atoms with Gasteiger partial charge in [0.1, 0.15) is 0 Å². The predicted molar refractivity (Wildman–Crippen MR) is 64.8 cm³/mol. The Hall–Kier alpha value is -0.360. The molecule has 0 spiro atoms. The fourth-order valence-corrected chi connectivity index (χ4v) is 0.715. The minimum atomic E-state index is 0. The van der Waals surface area contributed by atoms with E-state index in [1.165, 1.54) is 25.7 Å². The van der Waals surface area contributed by atoms with Gasteiger partial charge in [-0.25, -0.2) is 0 Å². The van der Waals surface area contributed by atoms with Crippen LogP contribution in [0.4, 0.5) is 0 Å². The molecule has 0 unspecified atom stereocenters. The Kier molecular flexibility index (Phi) is 407. The van der Waals surface area contributed by atoms with Crippen LogP contribution in [0, 0.1) is 0 Å². The maximum Gasteiger partial charge on any atom is 0.0431 e. The van der Waals surface area contributed by atoms with Gasteiger partial charge in [0, 0.05) is 6.61 Å². The summed E-state index contributed by atoms with van der Waals surface area (Å²) in [5.74, 6) is 0. The second-order valence-corrected chi connectivity index (χ2v) is 2.14. The molecule has 0 saturated heterocycles. The standard InChI is InChI=1S/C7H16O.8H2O/c1-2-3-4-5-6-7-8;;;;;;;;/h8H,2-7H2,1H3;8*1H2. The highest BCUT2D eigenvalue weighted by molar-refractivity contribution is 4.39. The van der Waals surface area contributed by atoms with E-state index in [4.69, 9.17) is 5.11 Å². The maximum atomic E-state index is 8.37. The van der Waals surface area contributed by atoms with E-state index < -0.39 is 0 Å². The number of hydrogen-bond acceptors (Lipinski definition) is 1. The van der Waals surface area contributed by atoms with E-state index in [-0.39, 0.29) is 43.8 Å². The van der Waals surface area contributed by atoms with Crippen molar-refractivity contribution in [3.05, 3.63) is 0 Å². The molecule has 0 aromatic heterocycles. The summed E-state index contributed by atoms with van der Waals surface area (Å²) in [6.45, 7) is 2.56. The monoisotopic (exact) mass is 260 g/mol. The third-order valence-electron chi connectivity index (χ3n) is 1.26. The average Bonchev–Trinajstić information content (AvgIpc) is 1.81. The lowest BCUT2D eigenvalue weighted by atomic mass is 10.2. The van der Waals surface area contributed by atoms with Crippen LogP contribution in [0.2, 0.25) is 0 Å². The molecule has 0 aromatic carbocycles. The van der Waals surface area contributed by atoms with Gasteiger partial charge >= 0.3 is 0 Å². The lowest BCUT2D eigenvalue weighted by molar-refractivity contribution is 0.282. The zero-order valence-corrected chi connectivity index (χ0v) is 9.69. The summed E-state index contributed by atoms with van der Waals surface area (Å²) in [4.78, 5) is 0. The smallest absolute Gasteiger partial charge is 0.0431 e. The highest BCUT2D eigenvalue weighted by atomic mass is 16.2. The molecule has 0 aromatic rings. The van der Waals surface area contributed by atoms with Gasteiger partial charge in [-0.2, -0.15) is 0 Å². The molecule has 0 bridgehead atoms. The first-order valence-electron chi connectivity index (χ1n) is 3.52. The van der Waals surface area contributed by atoms with Crippen LogP contribution in [0.5, 0.6) is 0 Å². The molecule has 0 heterocycles. The van der Waals surface area contributed by atoms with Crippen LogP contribution < -0.4 is 0 Å². The van der Waals surface area contributed by atoms with Gasteiger partial charge in [-0.05, 0) is 6.42 Å². The Labute approximate surface area is 95.6 Å². The van der Waals surface area contributed by atoms with Gasteiger partial charge < -0.3 is 48.9 Å². The van der Waals surface area contributed by atoms with Crippen molar-refractivity contribution < 1.29 is 48.9 Å². The van der Waals surface area contributed by atoms with Crippen molar-refractivity contribution in [1.82, 2.24) is 0 Å². The highest BCUT2D eigenvalue weighted by Crippen LogP contribution is 2.00. The molecule has 17 N–H and O–H groups in total. The van der Waals surface area contributed by atoms with Crippen LogP contribution >= 0.6 is 0 Å². The van der Waals surface area contributed by atoms with Crippen LogP contribution in [-0.2, 0) is 0 Å². The molecule has 0 radical (unpaired) electrons. The van der Waals surface area contributed by atoms with Crippen molar-refractivity contribution in [3.63, 3.8) is 0 Å². The zero-order chi connectivity index (χ0) is 6.24. The number of unbranched alkanes of at least 4 members (excludes halogenated alkanes) is 4. The number of hydrogen-bond donors (Lipinski definition) is 1. The Morgan fingerprint density at radius 1 is 0.562 bits per heavy atom. The first-order chi connectivity index (χ1) is 3.91. The van der Waals surface area contributed by atoms with Crippen molar-refractivity contribution in [2.24, 2.45) is 0 Å². The molecule has 114 valence electrons. The zero-order valence-electron chi connectivity index (χ0n) is 9.69.